The van der Waals surface area contributed by atoms with Crippen molar-refractivity contribution in [3.63, 3.8) is 0 Å². The molecule has 0 aliphatic carbocycles. The van der Waals surface area contributed by atoms with E-state index in [1.165, 1.54) is 43.7 Å². The Bertz CT molecular complexity index is 980. The van der Waals surface area contributed by atoms with Crippen LogP contribution in [-0.4, -0.2) is 79.8 Å². The van der Waals surface area contributed by atoms with E-state index in [2.05, 4.69) is 25.9 Å². The van der Waals surface area contributed by atoms with E-state index >= 15 is 0 Å². The van der Waals surface area contributed by atoms with Gasteiger partial charge in [-0.1, -0.05) is 12.1 Å². The van der Waals surface area contributed by atoms with E-state index in [1.807, 2.05) is 0 Å². The number of hydrogen-bond donors (Lipinski definition) is 8. The first-order valence-corrected chi connectivity index (χ1v) is 10.4. The Kier molecular flexibility index (Phi) is 9.52. The van der Waals surface area contributed by atoms with E-state index in [0.717, 1.165) is 0 Å². The van der Waals surface area contributed by atoms with Crippen molar-refractivity contribution in [1.82, 2.24) is 25.9 Å². The van der Waals surface area contributed by atoms with E-state index in [-0.39, 0.29) is 18.6 Å². The topological polar surface area (TPSA) is 220 Å². The number of carboxylic acid groups (broad SMARTS) is 1. The molecular formula is C21H28N6O7. The number of hydrogen-bond acceptors (Lipinski definition) is 8. The summed E-state index contributed by atoms with van der Waals surface area (Å²) >= 11 is 0. The van der Waals surface area contributed by atoms with Crippen LogP contribution in [0.5, 0.6) is 5.75 Å². The number of nitrogens with zero attached hydrogens (tertiary/aromatic N) is 1. The van der Waals surface area contributed by atoms with Gasteiger partial charge in [-0.3, -0.25) is 14.4 Å². The second kappa shape index (κ2) is 12.3. The highest BCUT2D eigenvalue weighted by Crippen LogP contribution is 2.12. The number of aliphatic hydroxyl groups excluding tert-OH is 1. The minimum Gasteiger partial charge on any atom is -0.508 e. The number of aromatic amines is 1. The summed E-state index contributed by atoms with van der Waals surface area (Å²) in [5, 5.41) is 34.8. The molecule has 0 fully saturated rings. The van der Waals surface area contributed by atoms with Crippen LogP contribution >= 0.6 is 0 Å². The summed E-state index contributed by atoms with van der Waals surface area (Å²) in [6.45, 7) is 0.557. The van der Waals surface area contributed by atoms with Crippen LogP contribution in [0, 0.1) is 0 Å². The number of aliphatic carboxylic acids is 1. The van der Waals surface area contributed by atoms with Gasteiger partial charge in [0.15, 0.2) is 0 Å². The molecule has 0 saturated heterocycles. The Hall–Kier alpha value is -3.97. The third-order valence-electron chi connectivity index (χ3n) is 4.89. The molecule has 1 heterocycles. The zero-order valence-electron chi connectivity index (χ0n) is 18.4. The van der Waals surface area contributed by atoms with Crippen LogP contribution in [0.15, 0.2) is 36.8 Å². The Labute approximate surface area is 194 Å². The maximum Gasteiger partial charge on any atom is 0.328 e. The van der Waals surface area contributed by atoms with Gasteiger partial charge in [0, 0.05) is 24.7 Å². The molecule has 0 aliphatic heterocycles. The summed E-state index contributed by atoms with van der Waals surface area (Å²) in [7, 11) is 0. The standard InChI is InChI=1S/C21H28N6O7/c1-11(25-19(31)15(22)7-13-8-23-10-24-13)18(30)26-16(6-12-2-4-14(29)5-3-12)20(32)27-17(9-28)21(33)34/h2-5,8,10-11,15-17,28-29H,6-7,9,22H2,1H3,(H,23,24)(H,25,31)(H,26,30)(H,27,32)(H,33,34). The minimum absolute atomic E-state index is 0.00260. The molecule has 0 aliphatic rings. The van der Waals surface area contributed by atoms with Crippen molar-refractivity contribution in [2.75, 3.05) is 6.61 Å². The molecule has 4 atom stereocenters. The summed E-state index contributed by atoms with van der Waals surface area (Å²) < 4.78 is 0. The number of H-pyrrole nitrogens is 1. The van der Waals surface area contributed by atoms with Gasteiger partial charge >= 0.3 is 5.97 Å². The fourth-order valence-corrected chi connectivity index (χ4v) is 2.94. The number of nitrogens with one attached hydrogen (secondary N) is 4. The van der Waals surface area contributed by atoms with Crippen LogP contribution in [0.4, 0.5) is 0 Å². The van der Waals surface area contributed by atoms with E-state index in [1.54, 1.807) is 0 Å². The van der Waals surface area contributed by atoms with Crippen molar-refractivity contribution in [3.05, 3.63) is 48.0 Å². The predicted molar refractivity (Wildman–Crippen MR) is 118 cm³/mol. The van der Waals surface area contributed by atoms with Crippen LogP contribution in [0.3, 0.4) is 0 Å². The highest BCUT2D eigenvalue weighted by atomic mass is 16.4. The van der Waals surface area contributed by atoms with Gasteiger partial charge in [0.05, 0.1) is 19.0 Å². The molecule has 0 spiro atoms. The molecule has 13 heteroatoms. The van der Waals surface area contributed by atoms with Crippen LogP contribution in [0.25, 0.3) is 0 Å². The predicted octanol–water partition coefficient (Wildman–Crippen LogP) is -2.22. The first-order valence-electron chi connectivity index (χ1n) is 10.4. The maximum atomic E-state index is 12.7. The summed E-state index contributed by atoms with van der Waals surface area (Å²) in [6.07, 6.45) is 3.09. The number of aliphatic hydroxyl groups is 1. The summed E-state index contributed by atoms with van der Waals surface area (Å²) in [4.78, 5) is 55.5. The number of benzene rings is 1. The number of carbonyl (C=O) groups is 4. The summed E-state index contributed by atoms with van der Waals surface area (Å²) in [6, 6.07) is 1.03. The van der Waals surface area contributed by atoms with Crippen LogP contribution in [0.1, 0.15) is 18.2 Å². The number of carbonyl (C=O) groups excluding carboxylic acids is 3. The lowest BCUT2D eigenvalue weighted by Gasteiger charge is -2.23. The van der Waals surface area contributed by atoms with Crippen LogP contribution in [-0.2, 0) is 32.0 Å². The first kappa shape index (κ1) is 26.3. The molecule has 0 saturated carbocycles. The quantitative estimate of drug-likeness (QED) is 0.166. The van der Waals surface area contributed by atoms with Crippen molar-refractivity contribution in [3.8, 4) is 5.75 Å². The number of carboxylic acids is 1. The van der Waals surface area contributed by atoms with Gasteiger partial charge < -0.3 is 42.0 Å². The van der Waals surface area contributed by atoms with Crippen molar-refractivity contribution < 1.29 is 34.5 Å². The summed E-state index contributed by atoms with van der Waals surface area (Å²) in [5.41, 5.74) is 7.07. The second-order valence-electron chi connectivity index (χ2n) is 7.63. The molecule has 34 heavy (non-hydrogen) atoms. The van der Waals surface area contributed by atoms with E-state index < -0.39 is 54.5 Å². The zero-order valence-corrected chi connectivity index (χ0v) is 18.4. The second-order valence-corrected chi connectivity index (χ2v) is 7.63. The number of phenolic OH excluding ortho intramolecular Hbond substituents is 1. The Morgan fingerprint density at radius 2 is 1.65 bits per heavy atom. The molecule has 1 aromatic carbocycles. The molecule has 13 nitrogen and oxygen atoms in total. The van der Waals surface area contributed by atoms with Gasteiger partial charge in [0.1, 0.15) is 23.9 Å². The van der Waals surface area contributed by atoms with Crippen LogP contribution < -0.4 is 21.7 Å². The SMILES string of the molecule is CC(NC(=O)C(N)Cc1cnc[nH]1)C(=O)NC(Cc1ccc(O)cc1)C(=O)NC(CO)C(=O)O. The summed E-state index contributed by atoms with van der Waals surface area (Å²) in [5.74, 6) is -3.60. The van der Waals surface area contributed by atoms with Gasteiger partial charge in [0.25, 0.3) is 0 Å². The Morgan fingerprint density at radius 3 is 2.21 bits per heavy atom. The lowest BCUT2D eigenvalue weighted by atomic mass is 10.0. The van der Waals surface area contributed by atoms with Gasteiger partial charge in [-0.05, 0) is 24.6 Å². The fourth-order valence-electron chi connectivity index (χ4n) is 2.94. The number of aromatic nitrogens is 2. The highest BCUT2D eigenvalue weighted by Gasteiger charge is 2.29. The number of amides is 3. The molecule has 184 valence electrons. The lowest BCUT2D eigenvalue weighted by molar-refractivity contribution is -0.143. The largest absolute Gasteiger partial charge is 0.508 e. The monoisotopic (exact) mass is 476 g/mol. The molecule has 2 rings (SSSR count). The third-order valence-corrected chi connectivity index (χ3v) is 4.89. The Morgan fingerprint density at radius 1 is 1.00 bits per heavy atom. The molecule has 3 amide bonds. The molecule has 0 bridgehead atoms. The smallest absolute Gasteiger partial charge is 0.328 e. The number of phenols is 1. The number of aromatic hydroxyl groups is 1. The molecule has 0 radical (unpaired) electrons. The molecule has 4 unspecified atom stereocenters. The van der Waals surface area contributed by atoms with E-state index in [4.69, 9.17) is 10.8 Å². The highest BCUT2D eigenvalue weighted by molar-refractivity contribution is 5.94. The van der Waals surface area contributed by atoms with Gasteiger partial charge in [-0.15, -0.1) is 0 Å². The Balaban J connectivity index is 2.06. The normalized spacial score (nSPS) is 14.3. The number of rotatable bonds is 12. The molecule has 9 N–H and O–H groups in total. The minimum atomic E-state index is -1.57. The van der Waals surface area contributed by atoms with Crippen molar-refractivity contribution >= 4 is 23.7 Å². The first-order chi connectivity index (χ1) is 16.1. The van der Waals surface area contributed by atoms with Crippen LogP contribution in [0.2, 0.25) is 0 Å². The van der Waals surface area contributed by atoms with Crippen molar-refractivity contribution in [2.24, 2.45) is 5.73 Å². The van der Waals surface area contributed by atoms with Crippen molar-refractivity contribution in [1.29, 1.82) is 0 Å². The number of nitrogens with two attached hydrogens (primary N) is 1. The van der Waals surface area contributed by atoms with E-state index in [9.17, 15) is 29.4 Å². The molecule has 2 aromatic rings. The fraction of sp³-hybridized carbons (Fsp3) is 0.381. The zero-order chi connectivity index (χ0) is 25.3. The number of imidazole rings is 1. The van der Waals surface area contributed by atoms with Gasteiger partial charge in [-0.2, -0.15) is 0 Å². The van der Waals surface area contributed by atoms with Crippen molar-refractivity contribution in [2.45, 2.75) is 43.9 Å². The molecule has 1 aromatic heterocycles. The lowest BCUT2D eigenvalue weighted by Crippen LogP contribution is -2.57. The maximum absolute atomic E-state index is 12.7. The van der Waals surface area contributed by atoms with Gasteiger partial charge in [0.2, 0.25) is 17.7 Å². The van der Waals surface area contributed by atoms with Gasteiger partial charge in [-0.25, -0.2) is 9.78 Å². The average Bonchev–Trinajstić information content (AvgIpc) is 3.30. The third kappa shape index (κ3) is 7.86. The average molecular weight is 476 g/mol. The molecular weight excluding hydrogens is 448 g/mol. The van der Waals surface area contributed by atoms with E-state index in [0.29, 0.717) is 11.3 Å².